The molecule has 1 rings (SSSR count). The van der Waals surface area contributed by atoms with Crippen LogP contribution in [0, 0.1) is 0 Å². The normalized spacial score (nSPS) is 24.4. The lowest BCUT2D eigenvalue weighted by molar-refractivity contribution is -0.138. The van der Waals surface area contributed by atoms with Gasteiger partial charge in [-0.05, 0) is 6.92 Å². The van der Waals surface area contributed by atoms with E-state index >= 15 is 0 Å². The Balaban J connectivity index is 2.56. The van der Waals surface area contributed by atoms with E-state index in [0.29, 0.717) is 12.3 Å². The molecule has 6 heteroatoms. The molecule has 1 saturated heterocycles. The van der Waals surface area contributed by atoms with Gasteiger partial charge in [-0.1, -0.05) is 0 Å². The smallest absolute Gasteiger partial charge is 0.318 e. The minimum absolute atomic E-state index is 0.170. The summed E-state index contributed by atoms with van der Waals surface area (Å²) in [5, 5.41) is 8.28. The van der Waals surface area contributed by atoms with Gasteiger partial charge in [-0.3, -0.25) is 9.59 Å². The maximum Gasteiger partial charge on any atom is 0.318 e. The van der Waals surface area contributed by atoms with E-state index in [-0.39, 0.29) is 12.5 Å². The summed E-state index contributed by atoms with van der Waals surface area (Å²) in [5.74, 6) is -0.371. The Morgan fingerprint density at radius 1 is 1.64 bits per heavy atom. The number of amides is 1. The number of carbonyl (C=O) groups excluding carboxylic acids is 1. The number of hydrogen-bond donors (Lipinski definition) is 2. The summed E-state index contributed by atoms with van der Waals surface area (Å²) >= 11 is 1.37. The number of hydrogen-bond acceptors (Lipinski definition) is 4. The second-order valence-corrected chi connectivity index (χ2v) is 4.58. The zero-order valence-corrected chi connectivity index (χ0v) is 8.79. The Kier molecular flexibility index (Phi) is 3.77. The second-order valence-electron chi connectivity index (χ2n) is 3.27. The van der Waals surface area contributed by atoms with Gasteiger partial charge in [-0.2, -0.15) is 0 Å². The molecule has 1 aliphatic rings. The van der Waals surface area contributed by atoms with Crippen LogP contribution in [0.3, 0.4) is 0 Å². The van der Waals surface area contributed by atoms with Crippen molar-refractivity contribution in [2.45, 2.75) is 18.2 Å². The number of thioether (sulfide) groups is 1. The van der Waals surface area contributed by atoms with Crippen LogP contribution < -0.4 is 5.73 Å². The standard InChI is InChI=1S/C8H14N2O3S/c1-5(9)7(11)10-2-3-14-6(4-10)8(12)13/h5-6H,2-4,9H2,1H3,(H,12,13)/t5-,6?/m1/s1. The molecule has 0 aliphatic carbocycles. The molecule has 3 N–H and O–H groups in total. The lowest BCUT2D eigenvalue weighted by atomic mass is 10.2. The first-order chi connectivity index (χ1) is 6.52. The summed E-state index contributed by atoms with van der Waals surface area (Å²) in [6.07, 6.45) is 0. The molecule has 0 spiro atoms. The average Bonchev–Trinajstić information content (AvgIpc) is 2.16. The maximum absolute atomic E-state index is 11.5. The van der Waals surface area contributed by atoms with Crippen molar-refractivity contribution in [2.24, 2.45) is 5.73 Å². The molecule has 1 amide bonds. The van der Waals surface area contributed by atoms with Gasteiger partial charge in [0.1, 0.15) is 5.25 Å². The lowest BCUT2D eigenvalue weighted by Gasteiger charge is -2.31. The van der Waals surface area contributed by atoms with Crippen molar-refractivity contribution < 1.29 is 14.7 Å². The molecule has 80 valence electrons. The largest absolute Gasteiger partial charge is 0.480 e. The topological polar surface area (TPSA) is 83.6 Å². The Bertz CT molecular complexity index is 245. The van der Waals surface area contributed by atoms with Crippen LogP contribution in [0.1, 0.15) is 6.92 Å². The molecule has 2 atom stereocenters. The van der Waals surface area contributed by atoms with Crippen molar-refractivity contribution in [1.29, 1.82) is 0 Å². The third-order valence-corrected chi connectivity index (χ3v) is 3.21. The van der Waals surface area contributed by atoms with Gasteiger partial charge in [0.15, 0.2) is 0 Å². The third kappa shape index (κ3) is 2.62. The molecular weight excluding hydrogens is 204 g/mol. The molecule has 1 heterocycles. The summed E-state index contributed by atoms with van der Waals surface area (Å²) in [5.41, 5.74) is 5.44. The van der Waals surface area contributed by atoms with Crippen LogP contribution in [-0.4, -0.2) is 52.0 Å². The van der Waals surface area contributed by atoms with Crippen LogP contribution >= 0.6 is 11.8 Å². The van der Waals surface area contributed by atoms with E-state index in [0.717, 1.165) is 0 Å². The van der Waals surface area contributed by atoms with Crippen molar-refractivity contribution in [3.05, 3.63) is 0 Å². The fraction of sp³-hybridized carbons (Fsp3) is 0.750. The highest BCUT2D eigenvalue weighted by atomic mass is 32.2. The molecule has 0 aromatic heterocycles. The molecular formula is C8H14N2O3S. The zero-order chi connectivity index (χ0) is 10.7. The van der Waals surface area contributed by atoms with Crippen molar-refractivity contribution in [3.8, 4) is 0 Å². The van der Waals surface area contributed by atoms with Crippen LogP contribution in [0.2, 0.25) is 0 Å². The van der Waals surface area contributed by atoms with Crippen LogP contribution in [0.15, 0.2) is 0 Å². The van der Waals surface area contributed by atoms with Gasteiger partial charge >= 0.3 is 5.97 Å². The molecule has 0 saturated carbocycles. The number of carbonyl (C=O) groups is 2. The molecule has 1 aliphatic heterocycles. The Morgan fingerprint density at radius 3 is 2.79 bits per heavy atom. The Morgan fingerprint density at radius 2 is 2.29 bits per heavy atom. The number of aliphatic carboxylic acids is 1. The van der Waals surface area contributed by atoms with Gasteiger partial charge in [0.2, 0.25) is 5.91 Å². The van der Waals surface area contributed by atoms with E-state index in [1.165, 1.54) is 16.7 Å². The molecule has 14 heavy (non-hydrogen) atoms. The second kappa shape index (κ2) is 4.65. The van der Waals surface area contributed by atoms with Gasteiger partial charge in [0.05, 0.1) is 6.04 Å². The number of nitrogens with two attached hydrogens (primary N) is 1. The van der Waals surface area contributed by atoms with E-state index < -0.39 is 17.3 Å². The van der Waals surface area contributed by atoms with Crippen LogP contribution in [0.25, 0.3) is 0 Å². The van der Waals surface area contributed by atoms with E-state index in [9.17, 15) is 9.59 Å². The summed E-state index contributed by atoms with van der Waals surface area (Å²) in [7, 11) is 0. The number of carboxylic acids is 1. The maximum atomic E-state index is 11.5. The third-order valence-electron chi connectivity index (χ3n) is 2.04. The van der Waals surface area contributed by atoms with Crippen LogP contribution in [0.5, 0.6) is 0 Å². The van der Waals surface area contributed by atoms with E-state index in [1.54, 1.807) is 6.92 Å². The van der Waals surface area contributed by atoms with Crippen molar-refractivity contribution in [3.63, 3.8) is 0 Å². The van der Waals surface area contributed by atoms with E-state index in [2.05, 4.69) is 0 Å². The predicted molar refractivity (Wildman–Crippen MR) is 54.1 cm³/mol. The Labute approximate surface area is 86.6 Å². The Hall–Kier alpha value is -0.750. The molecule has 5 nitrogen and oxygen atoms in total. The first-order valence-corrected chi connectivity index (χ1v) is 5.46. The van der Waals surface area contributed by atoms with Gasteiger partial charge in [-0.25, -0.2) is 0 Å². The fourth-order valence-corrected chi connectivity index (χ4v) is 2.33. The molecule has 0 radical (unpaired) electrons. The van der Waals surface area contributed by atoms with Crippen molar-refractivity contribution in [2.75, 3.05) is 18.8 Å². The first kappa shape index (κ1) is 11.3. The molecule has 1 fully saturated rings. The zero-order valence-electron chi connectivity index (χ0n) is 7.97. The summed E-state index contributed by atoms with van der Waals surface area (Å²) in [6.45, 7) is 2.47. The number of nitrogens with zero attached hydrogens (tertiary/aromatic N) is 1. The highest BCUT2D eigenvalue weighted by molar-refractivity contribution is 8.00. The first-order valence-electron chi connectivity index (χ1n) is 4.41. The monoisotopic (exact) mass is 218 g/mol. The van der Waals surface area contributed by atoms with Gasteiger partial charge in [-0.15, -0.1) is 11.8 Å². The lowest BCUT2D eigenvalue weighted by Crippen LogP contribution is -2.49. The molecule has 0 aromatic carbocycles. The number of carboxylic acid groups (broad SMARTS) is 1. The van der Waals surface area contributed by atoms with Gasteiger partial charge < -0.3 is 15.7 Å². The fourth-order valence-electron chi connectivity index (χ4n) is 1.29. The summed E-state index contributed by atoms with van der Waals surface area (Å²) in [6, 6.07) is -0.549. The van der Waals surface area contributed by atoms with Crippen molar-refractivity contribution >= 4 is 23.6 Å². The summed E-state index contributed by atoms with van der Waals surface area (Å²) in [4.78, 5) is 23.7. The highest BCUT2D eigenvalue weighted by Crippen LogP contribution is 2.19. The minimum atomic E-state index is -0.864. The quantitative estimate of drug-likeness (QED) is 0.644. The van der Waals surface area contributed by atoms with Crippen LogP contribution in [-0.2, 0) is 9.59 Å². The molecule has 1 unspecified atom stereocenters. The van der Waals surface area contributed by atoms with Gasteiger partial charge in [0, 0.05) is 18.8 Å². The average molecular weight is 218 g/mol. The highest BCUT2D eigenvalue weighted by Gasteiger charge is 2.29. The van der Waals surface area contributed by atoms with Gasteiger partial charge in [0.25, 0.3) is 0 Å². The van der Waals surface area contributed by atoms with E-state index in [1.807, 2.05) is 0 Å². The van der Waals surface area contributed by atoms with E-state index in [4.69, 9.17) is 10.8 Å². The predicted octanol–water partition coefficient (Wildman–Crippen LogP) is -0.638. The summed E-state index contributed by atoms with van der Waals surface area (Å²) < 4.78 is 0. The van der Waals surface area contributed by atoms with Crippen LogP contribution in [0.4, 0.5) is 0 Å². The minimum Gasteiger partial charge on any atom is -0.480 e. The molecule has 0 aromatic rings. The SMILES string of the molecule is C[C@@H](N)C(=O)N1CCSC(C(=O)O)C1. The van der Waals surface area contributed by atoms with Crippen molar-refractivity contribution in [1.82, 2.24) is 4.90 Å². The molecule has 0 bridgehead atoms. The number of rotatable bonds is 2.